The van der Waals surface area contributed by atoms with Gasteiger partial charge >= 0.3 is 0 Å². The molecule has 2 fully saturated rings. The van der Waals surface area contributed by atoms with Gasteiger partial charge in [0.05, 0.1) is 16.6 Å². The lowest BCUT2D eigenvalue weighted by molar-refractivity contribution is 0.102. The number of pyridine rings is 1. The van der Waals surface area contributed by atoms with Crippen LogP contribution in [0.25, 0.3) is 11.5 Å². The van der Waals surface area contributed by atoms with Crippen molar-refractivity contribution >= 4 is 21.6 Å². The molecule has 0 radical (unpaired) electrons. The smallest absolute Gasteiger partial charge is 0.259 e. The van der Waals surface area contributed by atoms with Gasteiger partial charge in [-0.15, -0.1) is 10.2 Å². The van der Waals surface area contributed by atoms with Crippen LogP contribution in [0.2, 0.25) is 0 Å². The van der Waals surface area contributed by atoms with Crippen molar-refractivity contribution in [3.05, 3.63) is 59.2 Å². The van der Waals surface area contributed by atoms with Gasteiger partial charge in [-0.2, -0.15) is 0 Å². The maximum Gasteiger partial charge on any atom is 0.259 e. The predicted molar refractivity (Wildman–Crippen MR) is 130 cm³/mol. The van der Waals surface area contributed by atoms with Crippen LogP contribution >= 0.6 is 0 Å². The summed E-state index contributed by atoms with van der Waals surface area (Å²) in [4.78, 5) is 17.5. The molecule has 2 heterocycles. The van der Waals surface area contributed by atoms with Gasteiger partial charge < -0.3 is 9.88 Å². The molecule has 2 aliphatic carbocycles. The van der Waals surface area contributed by atoms with Gasteiger partial charge in [-0.25, -0.2) is 17.8 Å². The van der Waals surface area contributed by atoms with Gasteiger partial charge in [-0.05, 0) is 87.3 Å². The van der Waals surface area contributed by atoms with Crippen molar-refractivity contribution in [3.63, 3.8) is 0 Å². The third-order valence-corrected chi connectivity index (χ3v) is 9.13. The van der Waals surface area contributed by atoms with E-state index in [4.69, 9.17) is 0 Å². The van der Waals surface area contributed by atoms with Crippen molar-refractivity contribution in [3.8, 4) is 11.5 Å². The van der Waals surface area contributed by atoms with Crippen molar-refractivity contribution in [1.82, 2.24) is 19.7 Å². The number of amides is 1. The summed E-state index contributed by atoms with van der Waals surface area (Å²) in [7, 11) is -3.06. The number of benzene rings is 1. The summed E-state index contributed by atoms with van der Waals surface area (Å²) in [5.41, 5.74) is 2.01. The van der Waals surface area contributed by atoms with Crippen molar-refractivity contribution in [2.24, 2.45) is 5.92 Å². The SMILES string of the molecule is Cc1cc(F)c(C(=O)Nc2cccc(-c3nncn3C(C)C)n2)cc1C1CC1CS(=O)(=O)C1CC1. The van der Waals surface area contributed by atoms with E-state index in [9.17, 15) is 17.6 Å². The lowest BCUT2D eigenvalue weighted by Crippen LogP contribution is -2.16. The van der Waals surface area contributed by atoms with E-state index in [-0.39, 0.29) is 40.3 Å². The van der Waals surface area contributed by atoms with Gasteiger partial charge in [0.1, 0.15) is 23.7 Å². The second kappa shape index (κ2) is 8.82. The van der Waals surface area contributed by atoms with E-state index in [1.54, 1.807) is 37.5 Å². The molecule has 3 aromatic rings. The molecule has 2 aliphatic rings. The molecule has 1 aromatic carbocycles. The summed E-state index contributed by atoms with van der Waals surface area (Å²) in [6.07, 6.45) is 3.87. The van der Waals surface area contributed by atoms with E-state index in [0.717, 1.165) is 30.4 Å². The molecule has 5 rings (SSSR count). The fourth-order valence-corrected chi connectivity index (χ4v) is 6.65. The first-order valence-electron chi connectivity index (χ1n) is 11.8. The first-order chi connectivity index (χ1) is 16.6. The number of rotatable bonds is 8. The van der Waals surface area contributed by atoms with E-state index in [1.165, 1.54) is 6.07 Å². The van der Waals surface area contributed by atoms with Crippen LogP contribution in [0.5, 0.6) is 0 Å². The number of hydrogen-bond acceptors (Lipinski definition) is 6. The highest BCUT2D eigenvalue weighted by atomic mass is 32.2. The number of carbonyl (C=O) groups excluding carboxylic acids is 1. The van der Waals surface area contributed by atoms with Crippen LogP contribution in [0.15, 0.2) is 36.7 Å². The van der Waals surface area contributed by atoms with Gasteiger partial charge in [0, 0.05) is 6.04 Å². The minimum Gasteiger partial charge on any atom is -0.310 e. The van der Waals surface area contributed by atoms with Crippen LogP contribution in [0.4, 0.5) is 10.2 Å². The van der Waals surface area contributed by atoms with Crippen molar-refractivity contribution in [2.75, 3.05) is 11.1 Å². The highest BCUT2D eigenvalue weighted by Crippen LogP contribution is 2.50. The average molecular weight is 498 g/mol. The first kappa shape index (κ1) is 23.6. The van der Waals surface area contributed by atoms with E-state index >= 15 is 0 Å². The summed E-state index contributed by atoms with van der Waals surface area (Å²) in [6.45, 7) is 5.80. The molecule has 1 amide bonds. The highest BCUT2D eigenvalue weighted by molar-refractivity contribution is 7.92. The second-order valence-electron chi connectivity index (χ2n) is 9.84. The molecular weight excluding hydrogens is 469 g/mol. The highest BCUT2D eigenvalue weighted by Gasteiger charge is 2.46. The summed E-state index contributed by atoms with van der Waals surface area (Å²) >= 11 is 0. The second-order valence-corrected chi connectivity index (χ2v) is 12.2. The molecule has 2 atom stereocenters. The Hall–Kier alpha value is -3.14. The number of sulfone groups is 1. The van der Waals surface area contributed by atoms with Gasteiger partial charge in [0.2, 0.25) is 0 Å². The molecule has 10 heteroatoms. The largest absolute Gasteiger partial charge is 0.310 e. The van der Waals surface area contributed by atoms with Crippen LogP contribution in [-0.2, 0) is 9.84 Å². The zero-order valence-electron chi connectivity index (χ0n) is 19.9. The van der Waals surface area contributed by atoms with E-state index in [2.05, 4.69) is 20.5 Å². The predicted octanol–water partition coefficient (Wildman–Crippen LogP) is 4.30. The molecule has 2 aromatic heterocycles. The number of nitrogens with one attached hydrogen (secondary N) is 1. The van der Waals surface area contributed by atoms with Crippen molar-refractivity contribution < 1.29 is 17.6 Å². The first-order valence-corrected chi connectivity index (χ1v) is 13.6. The Morgan fingerprint density at radius 1 is 1.26 bits per heavy atom. The quantitative estimate of drug-likeness (QED) is 0.497. The van der Waals surface area contributed by atoms with Crippen LogP contribution in [0.3, 0.4) is 0 Å². The number of nitrogens with zero attached hydrogens (tertiary/aromatic N) is 4. The Morgan fingerprint density at radius 3 is 2.74 bits per heavy atom. The number of aryl methyl sites for hydroxylation is 1. The average Bonchev–Trinajstić information content (AvgIpc) is 3.72. The minimum atomic E-state index is -3.06. The zero-order valence-corrected chi connectivity index (χ0v) is 20.7. The molecular formula is C25H28FN5O3S. The molecule has 1 N–H and O–H groups in total. The Morgan fingerprint density at radius 2 is 2.03 bits per heavy atom. The molecule has 184 valence electrons. The fraction of sp³-hybridized carbons (Fsp3) is 0.440. The Balaban J connectivity index is 1.34. The summed E-state index contributed by atoms with van der Waals surface area (Å²) in [5.74, 6) is -0.174. The minimum absolute atomic E-state index is 0.0253. The normalized spacial score (nSPS) is 19.7. The van der Waals surface area contributed by atoms with Gasteiger partial charge in [0.15, 0.2) is 15.7 Å². The number of halogens is 1. The fourth-order valence-electron chi connectivity index (χ4n) is 4.55. The van der Waals surface area contributed by atoms with Crippen LogP contribution < -0.4 is 5.32 Å². The van der Waals surface area contributed by atoms with Crippen molar-refractivity contribution in [2.45, 2.75) is 57.2 Å². The summed E-state index contributed by atoms with van der Waals surface area (Å²) in [5, 5.41) is 10.6. The van der Waals surface area contributed by atoms with Gasteiger partial charge in [0.25, 0.3) is 5.91 Å². The molecule has 0 aliphatic heterocycles. The molecule has 0 saturated heterocycles. The van der Waals surface area contributed by atoms with Crippen LogP contribution in [0, 0.1) is 18.7 Å². The van der Waals surface area contributed by atoms with Crippen LogP contribution in [-0.4, -0.2) is 45.1 Å². The number of carbonyl (C=O) groups is 1. The Labute approximate surface area is 203 Å². The molecule has 8 nitrogen and oxygen atoms in total. The zero-order chi connectivity index (χ0) is 24.9. The van der Waals surface area contributed by atoms with E-state index in [0.29, 0.717) is 11.5 Å². The maximum atomic E-state index is 14.8. The molecule has 2 saturated carbocycles. The van der Waals surface area contributed by atoms with Crippen LogP contribution in [0.1, 0.15) is 66.6 Å². The topological polar surface area (TPSA) is 107 Å². The van der Waals surface area contributed by atoms with Gasteiger partial charge in [-0.1, -0.05) is 6.07 Å². The van der Waals surface area contributed by atoms with Crippen molar-refractivity contribution in [1.29, 1.82) is 0 Å². The molecule has 0 bridgehead atoms. The molecule has 35 heavy (non-hydrogen) atoms. The Kier molecular flexibility index (Phi) is 5.94. The molecule has 0 spiro atoms. The lowest BCUT2D eigenvalue weighted by Gasteiger charge is -2.12. The van der Waals surface area contributed by atoms with E-state index < -0.39 is 21.6 Å². The Bertz CT molecular complexity index is 1400. The van der Waals surface area contributed by atoms with E-state index in [1.807, 2.05) is 18.4 Å². The third-order valence-electron chi connectivity index (χ3n) is 6.75. The molecule has 2 unspecified atom stereocenters. The van der Waals surface area contributed by atoms with Gasteiger partial charge in [-0.3, -0.25) is 4.79 Å². The summed E-state index contributed by atoms with van der Waals surface area (Å²) in [6, 6.07) is 8.18. The monoisotopic (exact) mass is 497 g/mol. The third kappa shape index (κ3) is 4.84. The summed E-state index contributed by atoms with van der Waals surface area (Å²) < 4.78 is 41.4. The number of anilines is 1. The lowest BCUT2D eigenvalue weighted by atomic mass is 9.99. The number of aromatic nitrogens is 4. The maximum absolute atomic E-state index is 14.8. The number of hydrogen-bond donors (Lipinski definition) is 1. The standard InChI is InChI=1S/C25H28FN5O3S/c1-14(2)31-13-27-30-24(31)22-5-4-6-23(28-22)29-25(32)20-11-18(15(3)9-21(20)26)19-10-16(19)12-35(33,34)17-7-8-17/h4-6,9,11,13-14,16-17,19H,7-8,10,12H2,1-3H3,(H,28,29,32).